The smallest absolute Gasteiger partial charge is 0.251 e. The molecule has 0 saturated heterocycles. The van der Waals surface area contributed by atoms with E-state index in [0.717, 1.165) is 5.56 Å². The molecule has 0 radical (unpaired) electrons. The Morgan fingerprint density at radius 3 is 2.75 bits per heavy atom. The van der Waals surface area contributed by atoms with E-state index < -0.39 is 6.10 Å². The van der Waals surface area contributed by atoms with Gasteiger partial charge in [-0.25, -0.2) is 4.98 Å². The highest BCUT2D eigenvalue weighted by Gasteiger charge is 2.12. The number of rotatable bonds is 9. The molecule has 2 atom stereocenters. The number of aromatic hydroxyl groups is 1. The molecule has 6 N–H and O–H groups in total. The molecule has 0 saturated carbocycles. The van der Waals surface area contributed by atoms with Crippen LogP contribution >= 0.6 is 11.6 Å². The van der Waals surface area contributed by atoms with Crippen LogP contribution in [0.1, 0.15) is 40.1 Å². The second-order valence-electron chi connectivity index (χ2n) is 7.70. The van der Waals surface area contributed by atoms with Crippen molar-refractivity contribution in [1.29, 1.82) is 0 Å². The number of carbonyl (C=O) groups excluding carboxylic acids is 1. The number of aliphatic hydroxyl groups excluding tert-OH is 1. The number of hydrogen-bond donors (Lipinski definition) is 5. The molecule has 0 bridgehead atoms. The van der Waals surface area contributed by atoms with Crippen molar-refractivity contribution in [2.24, 2.45) is 0 Å². The van der Waals surface area contributed by atoms with Gasteiger partial charge < -0.3 is 26.6 Å². The van der Waals surface area contributed by atoms with Crippen LogP contribution in [0.2, 0.25) is 5.02 Å². The maximum absolute atomic E-state index is 12.6. The number of halogens is 1. The van der Waals surface area contributed by atoms with Gasteiger partial charge in [0, 0.05) is 47.0 Å². The SMILES string of the molecule is C[C@H](Cc1cccc(C(=O)NCc2cc(Cl)ccc2O)c1)NC[C@H](O)c1ccc(N)nc1. The highest BCUT2D eigenvalue weighted by Crippen LogP contribution is 2.21. The largest absolute Gasteiger partial charge is 0.508 e. The van der Waals surface area contributed by atoms with E-state index in [0.29, 0.717) is 40.5 Å². The van der Waals surface area contributed by atoms with Crippen molar-refractivity contribution < 1.29 is 15.0 Å². The number of benzene rings is 2. The summed E-state index contributed by atoms with van der Waals surface area (Å²) in [5.41, 5.74) is 8.35. The van der Waals surface area contributed by atoms with Crippen molar-refractivity contribution in [3.8, 4) is 5.75 Å². The van der Waals surface area contributed by atoms with Crippen LogP contribution < -0.4 is 16.4 Å². The third-order valence-electron chi connectivity index (χ3n) is 5.07. The predicted molar refractivity (Wildman–Crippen MR) is 126 cm³/mol. The minimum Gasteiger partial charge on any atom is -0.508 e. The maximum Gasteiger partial charge on any atom is 0.251 e. The van der Waals surface area contributed by atoms with Gasteiger partial charge in [0.1, 0.15) is 11.6 Å². The quantitative estimate of drug-likeness (QED) is 0.338. The number of nitrogen functional groups attached to an aromatic ring is 1. The molecule has 0 unspecified atom stereocenters. The molecule has 1 amide bonds. The number of pyridine rings is 1. The average Bonchev–Trinajstić information content (AvgIpc) is 2.78. The summed E-state index contributed by atoms with van der Waals surface area (Å²) in [6, 6.07) is 15.6. The van der Waals surface area contributed by atoms with E-state index >= 15 is 0 Å². The average molecular weight is 455 g/mol. The van der Waals surface area contributed by atoms with Gasteiger partial charge in [-0.2, -0.15) is 0 Å². The van der Waals surface area contributed by atoms with E-state index in [1.165, 1.54) is 6.07 Å². The van der Waals surface area contributed by atoms with Crippen molar-refractivity contribution >= 4 is 23.3 Å². The van der Waals surface area contributed by atoms with Crippen LogP contribution in [-0.2, 0) is 13.0 Å². The number of phenols is 1. The lowest BCUT2D eigenvalue weighted by molar-refractivity contribution is 0.0950. The summed E-state index contributed by atoms with van der Waals surface area (Å²) in [5.74, 6) is 0.258. The Balaban J connectivity index is 1.52. The van der Waals surface area contributed by atoms with Crippen LogP contribution in [0.3, 0.4) is 0 Å². The van der Waals surface area contributed by atoms with E-state index in [1.54, 1.807) is 36.5 Å². The van der Waals surface area contributed by atoms with Gasteiger partial charge in [-0.15, -0.1) is 0 Å². The Labute approximate surface area is 192 Å². The molecule has 7 nitrogen and oxygen atoms in total. The minimum absolute atomic E-state index is 0.0770. The molecule has 2 aromatic carbocycles. The topological polar surface area (TPSA) is 120 Å². The van der Waals surface area contributed by atoms with Crippen molar-refractivity contribution in [3.63, 3.8) is 0 Å². The number of aromatic nitrogens is 1. The molecule has 3 rings (SSSR count). The Hall–Kier alpha value is -3.13. The number of nitrogens with two attached hydrogens (primary N) is 1. The summed E-state index contributed by atoms with van der Waals surface area (Å²) >= 11 is 5.95. The summed E-state index contributed by atoms with van der Waals surface area (Å²) in [7, 11) is 0. The lowest BCUT2D eigenvalue weighted by Crippen LogP contribution is -2.32. The van der Waals surface area contributed by atoms with E-state index in [2.05, 4.69) is 15.6 Å². The number of aliphatic hydroxyl groups is 1. The van der Waals surface area contributed by atoms with Gasteiger partial charge in [-0.05, 0) is 55.3 Å². The van der Waals surface area contributed by atoms with Crippen LogP contribution in [0.4, 0.5) is 5.82 Å². The molecule has 1 heterocycles. The molecule has 8 heteroatoms. The van der Waals surface area contributed by atoms with Gasteiger partial charge in [0.05, 0.1) is 6.10 Å². The first-order chi connectivity index (χ1) is 15.3. The molecule has 0 aliphatic heterocycles. The molecule has 0 fully saturated rings. The number of nitrogens with one attached hydrogen (secondary N) is 2. The Bertz CT molecular complexity index is 1060. The molecule has 168 valence electrons. The highest BCUT2D eigenvalue weighted by molar-refractivity contribution is 6.30. The van der Waals surface area contributed by atoms with Gasteiger partial charge in [0.25, 0.3) is 5.91 Å². The Kier molecular flexibility index (Phi) is 8.05. The van der Waals surface area contributed by atoms with Crippen molar-refractivity contribution in [3.05, 3.63) is 88.1 Å². The summed E-state index contributed by atoms with van der Waals surface area (Å²) in [6.45, 7) is 2.56. The van der Waals surface area contributed by atoms with Crippen LogP contribution in [0.5, 0.6) is 5.75 Å². The zero-order valence-corrected chi connectivity index (χ0v) is 18.5. The van der Waals surface area contributed by atoms with Crippen molar-refractivity contribution in [2.75, 3.05) is 12.3 Å². The van der Waals surface area contributed by atoms with Gasteiger partial charge in [0.15, 0.2) is 0 Å². The van der Waals surface area contributed by atoms with Crippen molar-refractivity contribution in [1.82, 2.24) is 15.6 Å². The first-order valence-electron chi connectivity index (χ1n) is 10.3. The first-order valence-corrected chi connectivity index (χ1v) is 10.7. The van der Waals surface area contributed by atoms with Crippen LogP contribution in [0.25, 0.3) is 0 Å². The zero-order valence-electron chi connectivity index (χ0n) is 17.8. The summed E-state index contributed by atoms with van der Waals surface area (Å²) in [6.07, 6.45) is 1.56. The number of phenolic OH excluding ortho intramolecular Hbond substituents is 1. The fraction of sp³-hybridized carbons (Fsp3) is 0.250. The van der Waals surface area contributed by atoms with Crippen LogP contribution in [-0.4, -0.2) is 33.7 Å². The Morgan fingerprint density at radius 2 is 2.00 bits per heavy atom. The molecular formula is C24H27ClN4O3. The van der Waals surface area contributed by atoms with Gasteiger partial charge >= 0.3 is 0 Å². The molecular weight excluding hydrogens is 428 g/mol. The number of anilines is 1. The van der Waals surface area contributed by atoms with Crippen LogP contribution in [0.15, 0.2) is 60.8 Å². The predicted octanol–water partition coefficient (Wildman–Crippen LogP) is 3.21. The number of hydrogen-bond acceptors (Lipinski definition) is 6. The summed E-state index contributed by atoms with van der Waals surface area (Å²) in [5, 5.41) is 26.8. The molecule has 1 aromatic heterocycles. The third kappa shape index (κ3) is 6.68. The van der Waals surface area contributed by atoms with Gasteiger partial charge in [0.2, 0.25) is 0 Å². The van der Waals surface area contributed by atoms with E-state index in [1.807, 2.05) is 25.1 Å². The monoisotopic (exact) mass is 454 g/mol. The van der Waals surface area contributed by atoms with Crippen molar-refractivity contribution in [2.45, 2.75) is 32.0 Å². The molecule has 32 heavy (non-hydrogen) atoms. The fourth-order valence-electron chi connectivity index (χ4n) is 3.28. The van der Waals surface area contributed by atoms with E-state index in [4.69, 9.17) is 17.3 Å². The van der Waals surface area contributed by atoms with Gasteiger partial charge in [-0.3, -0.25) is 4.79 Å². The fourth-order valence-corrected chi connectivity index (χ4v) is 3.48. The normalized spacial score (nSPS) is 12.8. The molecule has 0 aliphatic carbocycles. The zero-order chi connectivity index (χ0) is 23.1. The number of nitrogens with zero attached hydrogens (tertiary/aromatic N) is 1. The lowest BCUT2D eigenvalue weighted by atomic mass is 10.0. The molecule has 3 aromatic rings. The van der Waals surface area contributed by atoms with E-state index in [9.17, 15) is 15.0 Å². The first kappa shape index (κ1) is 23.5. The number of carbonyl (C=O) groups is 1. The lowest BCUT2D eigenvalue weighted by Gasteiger charge is -2.18. The maximum atomic E-state index is 12.6. The van der Waals surface area contributed by atoms with Crippen LogP contribution in [0, 0.1) is 0 Å². The standard InChI is InChI=1S/C24H27ClN4O3/c1-15(27-14-22(31)18-5-8-23(26)28-12-18)9-16-3-2-4-17(10-16)24(32)29-13-19-11-20(25)6-7-21(19)30/h2-8,10-12,15,22,27,30-31H,9,13-14H2,1H3,(H2,26,28)(H,29,32)/t15-,22+/m1/s1. The minimum atomic E-state index is -0.689. The summed E-state index contributed by atoms with van der Waals surface area (Å²) in [4.78, 5) is 16.6. The van der Waals surface area contributed by atoms with E-state index in [-0.39, 0.29) is 24.2 Å². The number of amides is 1. The highest BCUT2D eigenvalue weighted by atomic mass is 35.5. The third-order valence-corrected chi connectivity index (χ3v) is 5.30. The van der Waals surface area contributed by atoms with Gasteiger partial charge in [-0.1, -0.05) is 29.8 Å². The Morgan fingerprint density at radius 1 is 1.19 bits per heavy atom. The molecule has 0 aliphatic rings. The second kappa shape index (κ2) is 10.9. The second-order valence-corrected chi connectivity index (χ2v) is 8.14. The molecule has 0 spiro atoms. The summed E-state index contributed by atoms with van der Waals surface area (Å²) < 4.78 is 0.